The van der Waals surface area contributed by atoms with Crippen molar-refractivity contribution < 1.29 is 17.6 Å². The molecule has 0 atom stereocenters. The molecule has 0 bridgehead atoms. The van der Waals surface area contributed by atoms with Crippen molar-refractivity contribution >= 4 is 26.9 Å². The number of halogens is 2. The van der Waals surface area contributed by atoms with Crippen molar-refractivity contribution in [2.45, 2.75) is 36.6 Å². The van der Waals surface area contributed by atoms with Gasteiger partial charge in [0.2, 0.25) is 10.0 Å². The predicted octanol–water partition coefficient (Wildman–Crippen LogP) is 2.43. The lowest BCUT2D eigenvalue weighted by Crippen LogP contribution is -2.33. The van der Waals surface area contributed by atoms with E-state index in [-0.39, 0.29) is 11.6 Å². The average molecular weight is 306 g/mol. The predicted molar refractivity (Wildman–Crippen MR) is 69.2 cm³/mol. The summed E-state index contributed by atoms with van der Waals surface area (Å²) in [5, 5.41) is -0.822. The molecule has 1 N–H and O–H groups in total. The van der Waals surface area contributed by atoms with Crippen molar-refractivity contribution in [2.24, 2.45) is 0 Å². The van der Waals surface area contributed by atoms with Crippen LogP contribution in [0.2, 0.25) is 0 Å². The molecule has 7 heteroatoms. The van der Waals surface area contributed by atoms with Crippen LogP contribution in [0.15, 0.2) is 23.1 Å². The molecule has 19 heavy (non-hydrogen) atoms. The highest BCUT2D eigenvalue weighted by atomic mass is 35.5. The Morgan fingerprint density at radius 1 is 1.32 bits per heavy atom. The lowest BCUT2D eigenvalue weighted by Gasteiger charge is -2.13. The monoisotopic (exact) mass is 305 g/mol. The maximum atomic E-state index is 13.6. The Bertz CT molecular complexity index is 597. The maximum Gasteiger partial charge on any atom is 0.252 e. The summed E-state index contributed by atoms with van der Waals surface area (Å²) in [5.41, 5.74) is -0.0464. The fourth-order valence-corrected chi connectivity index (χ4v) is 3.68. The molecule has 0 heterocycles. The second-order valence-electron chi connectivity index (χ2n) is 4.52. The first-order chi connectivity index (χ1) is 8.90. The Labute approximate surface area is 116 Å². The summed E-state index contributed by atoms with van der Waals surface area (Å²) in [4.78, 5) is 10.5. The van der Waals surface area contributed by atoms with Gasteiger partial charge in [-0.05, 0) is 42.6 Å². The third-order valence-corrected chi connectivity index (χ3v) is 4.88. The van der Waals surface area contributed by atoms with E-state index in [1.807, 2.05) is 0 Å². The van der Waals surface area contributed by atoms with Crippen LogP contribution in [0.3, 0.4) is 0 Å². The van der Waals surface area contributed by atoms with Crippen LogP contribution in [0.25, 0.3) is 0 Å². The number of hydrogen-bond donors (Lipinski definition) is 1. The molecule has 0 spiro atoms. The third-order valence-electron chi connectivity index (χ3n) is 3.12. The SMILES string of the molecule is O=C(Cl)c1ccc(F)c(S(=O)(=O)NC2CCCC2)c1. The third kappa shape index (κ3) is 3.32. The van der Waals surface area contributed by atoms with Crippen LogP contribution in [0.1, 0.15) is 36.0 Å². The Balaban J connectivity index is 2.33. The van der Waals surface area contributed by atoms with Crippen LogP contribution < -0.4 is 4.72 Å². The summed E-state index contributed by atoms with van der Waals surface area (Å²) in [5.74, 6) is -0.896. The Morgan fingerprint density at radius 2 is 1.95 bits per heavy atom. The number of rotatable bonds is 4. The van der Waals surface area contributed by atoms with Gasteiger partial charge in [0.05, 0.1) is 0 Å². The number of hydrogen-bond acceptors (Lipinski definition) is 3. The smallest absolute Gasteiger partial charge is 0.252 e. The highest BCUT2D eigenvalue weighted by Gasteiger charge is 2.26. The zero-order valence-corrected chi connectivity index (χ0v) is 11.6. The van der Waals surface area contributed by atoms with Crippen LogP contribution in [-0.2, 0) is 10.0 Å². The number of nitrogens with one attached hydrogen (secondary N) is 1. The van der Waals surface area contributed by atoms with E-state index < -0.39 is 26.0 Å². The summed E-state index contributed by atoms with van der Waals surface area (Å²) < 4.78 is 40.2. The van der Waals surface area contributed by atoms with E-state index in [1.54, 1.807) is 0 Å². The first kappa shape index (κ1) is 14.4. The van der Waals surface area contributed by atoms with E-state index in [2.05, 4.69) is 4.72 Å². The zero-order valence-electron chi connectivity index (χ0n) is 10.0. The van der Waals surface area contributed by atoms with Gasteiger partial charge in [-0.15, -0.1) is 0 Å². The first-order valence-electron chi connectivity index (χ1n) is 5.92. The van der Waals surface area contributed by atoms with Gasteiger partial charge in [0.15, 0.2) is 0 Å². The van der Waals surface area contributed by atoms with Gasteiger partial charge in [0.1, 0.15) is 10.7 Å². The van der Waals surface area contributed by atoms with Gasteiger partial charge < -0.3 is 0 Å². The van der Waals surface area contributed by atoms with Crippen molar-refractivity contribution in [3.63, 3.8) is 0 Å². The normalized spacial score (nSPS) is 16.7. The van der Waals surface area contributed by atoms with Crippen LogP contribution in [0, 0.1) is 5.82 Å². The second-order valence-corrected chi connectivity index (χ2v) is 6.55. The molecule has 1 aromatic rings. The summed E-state index contributed by atoms with van der Waals surface area (Å²) in [6, 6.07) is 2.87. The van der Waals surface area contributed by atoms with E-state index >= 15 is 0 Å². The van der Waals surface area contributed by atoms with Crippen molar-refractivity contribution in [3.05, 3.63) is 29.6 Å². The standard InChI is InChI=1S/C12H13ClFNO3S/c13-12(16)8-5-6-10(14)11(7-8)19(17,18)15-9-3-1-2-4-9/h5-7,9,15H,1-4H2. The fourth-order valence-electron chi connectivity index (χ4n) is 2.16. The molecule has 1 fully saturated rings. The Hall–Kier alpha value is -0.980. The van der Waals surface area contributed by atoms with Gasteiger partial charge in [-0.2, -0.15) is 0 Å². The van der Waals surface area contributed by atoms with Gasteiger partial charge in [0.25, 0.3) is 5.24 Å². The highest BCUT2D eigenvalue weighted by molar-refractivity contribution is 7.89. The van der Waals surface area contributed by atoms with Gasteiger partial charge in [-0.3, -0.25) is 4.79 Å². The van der Waals surface area contributed by atoms with Crippen LogP contribution in [0.4, 0.5) is 4.39 Å². The van der Waals surface area contributed by atoms with Crippen molar-refractivity contribution in [1.29, 1.82) is 0 Å². The van der Waals surface area contributed by atoms with Crippen LogP contribution in [-0.4, -0.2) is 19.7 Å². The molecule has 1 aliphatic rings. The molecule has 104 valence electrons. The zero-order chi connectivity index (χ0) is 14.0. The molecule has 4 nitrogen and oxygen atoms in total. The van der Waals surface area contributed by atoms with E-state index in [0.29, 0.717) is 0 Å². The Kier molecular flexibility index (Phi) is 4.23. The quantitative estimate of drug-likeness (QED) is 0.869. The van der Waals surface area contributed by atoms with E-state index in [4.69, 9.17) is 11.6 Å². The molecule has 0 unspecified atom stereocenters. The van der Waals surface area contributed by atoms with E-state index in [9.17, 15) is 17.6 Å². The number of carbonyl (C=O) groups is 1. The summed E-state index contributed by atoms with van der Waals surface area (Å²) in [7, 11) is -3.97. The van der Waals surface area contributed by atoms with Crippen LogP contribution in [0.5, 0.6) is 0 Å². The van der Waals surface area contributed by atoms with Gasteiger partial charge in [-0.25, -0.2) is 17.5 Å². The molecule has 0 aliphatic heterocycles. The average Bonchev–Trinajstić information content (AvgIpc) is 2.81. The molecular formula is C12H13ClFNO3S. The summed E-state index contributed by atoms with van der Waals surface area (Å²) >= 11 is 5.27. The van der Waals surface area contributed by atoms with E-state index in [1.165, 1.54) is 0 Å². The minimum Gasteiger partial charge on any atom is -0.276 e. The first-order valence-corrected chi connectivity index (χ1v) is 7.78. The number of sulfonamides is 1. The molecular weight excluding hydrogens is 293 g/mol. The number of carbonyl (C=O) groups excluding carboxylic acids is 1. The van der Waals surface area contributed by atoms with Crippen molar-refractivity contribution in [3.8, 4) is 0 Å². The molecule has 1 aliphatic carbocycles. The van der Waals surface area contributed by atoms with Crippen LogP contribution >= 0.6 is 11.6 Å². The van der Waals surface area contributed by atoms with Gasteiger partial charge in [-0.1, -0.05) is 12.8 Å². The lowest BCUT2D eigenvalue weighted by atomic mass is 10.2. The lowest BCUT2D eigenvalue weighted by molar-refractivity contribution is 0.108. The summed E-state index contributed by atoms with van der Waals surface area (Å²) in [6.07, 6.45) is 3.40. The molecule has 0 saturated heterocycles. The molecule has 2 rings (SSSR count). The molecule has 0 amide bonds. The van der Waals surface area contributed by atoms with Gasteiger partial charge in [0, 0.05) is 11.6 Å². The fraction of sp³-hybridized carbons (Fsp3) is 0.417. The maximum absolute atomic E-state index is 13.6. The highest BCUT2D eigenvalue weighted by Crippen LogP contribution is 2.22. The summed E-state index contributed by atoms with van der Waals surface area (Å²) in [6.45, 7) is 0. The molecule has 0 radical (unpaired) electrons. The molecule has 1 aromatic carbocycles. The largest absolute Gasteiger partial charge is 0.276 e. The van der Waals surface area contributed by atoms with Crippen molar-refractivity contribution in [1.82, 2.24) is 4.72 Å². The number of benzene rings is 1. The topological polar surface area (TPSA) is 63.2 Å². The molecule has 0 aromatic heterocycles. The van der Waals surface area contributed by atoms with Gasteiger partial charge >= 0.3 is 0 Å². The minimum absolute atomic E-state index is 0.0464. The van der Waals surface area contributed by atoms with E-state index in [0.717, 1.165) is 43.9 Å². The molecule has 1 saturated carbocycles. The Morgan fingerprint density at radius 3 is 2.53 bits per heavy atom. The second kappa shape index (κ2) is 5.56. The minimum atomic E-state index is -3.97. The van der Waals surface area contributed by atoms with Crippen molar-refractivity contribution in [2.75, 3.05) is 0 Å².